The first-order valence-corrected chi connectivity index (χ1v) is 7.48. The highest BCUT2D eigenvalue weighted by atomic mass is 16.5. The molecule has 1 aromatic carbocycles. The molecule has 1 heterocycles. The first-order valence-electron chi connectivity index (χ1n) is 7.48. The van der Waals surface area contributed by atoms with E-state index in [-0.39, 0.29) is 18.4 Å². The lowest BCUT2D eigenvalue weighted by Crippen LogP contribution is -2.36. The summed E-state index contributed by atoms with van der Waals surface area (Å²) in [6.07, 6.45) is 3.27. The SMILES string of the molecule is CCOCC(=O)Nc1ccccc1C(=O)N1CCCCC1. The molecule has 0 aromatic heterocycles. The largest absolute Gasteiger partial charge is 0.372 e. The van der Waals surface area contributed by atoms with Gasteiger partial charge in [-0.15, -0.1) is 0 Å². The van der Waals surface area contributed by atoms with Crippen LogP contribution in [0.25, 0.3) is 0 Å². The van der Waals surface area contributed by atoms with Crippen LogP contribution in [-0.2, 0) is 9.53 Å². The zero-order chi connectivity index (χ0) is 15.1. The Kier molecular flexibility index (Phi) is 5.75. The molecule has 1 aliphatic heterocycles. The molecule has 0 spiro atoms. The predicted octanol–water partition coefficient (Wildman–Crippen LogP) is 2.29. The van der Waals surface area contributed by atoms with Crippen molar-refractivity contribution in [2.24, 2.45) is 0 Å². The molecule has 0 saturated carbocycles. The average molecular weight is 290 g/mol. The number of hydrogen-bond acceptors (Lipinski definition) is 3. The van der Waals surface area contributed by atoms with Gasteiger partial charge in [-0.3, -0.25) is 9.59 Å². The number of piperidine rings is 1. The fraction of sp³-hybridized carbons (Fsp3) is 0.500. The molecule has 1 saturated heterocycles. The van der Waals surface area contributed by atoms with Crippen molar-refractivity contribution < 1.29 is 14.3 Å². The van der Waals surface area contributed by atoms with Crippen LogP contribution in [0.3, 0.4) is 0 Å². The van der Waals surface area contributed by atoms with Crippen LogP contribution in [0.15, 0.2) is 24.3 Å². The molecule has 0 atom stereocenters. The minimum absolute atomic E-state index is 0.00272. The van der Waals surface area contributed by atoms with Gasteiger partial charge >= 0.3 is 0 Å². The fourth-order valence-corrected chi connectivity index (χ4v) is 2.43. The Labute approximate surface area is 125 Å². The molecule has 1 aromatic rings. The van der Waals surface area contributed by atoms with Gasteiger partial charge in [-0.1, -0.05) is 12.1 Å². The minimum Gasteiger partial charge on any atom is -0.372 e. The summed E-state index contributed by atoms with van der Waals surface area (Å²) in [4.78, 5) is 26.2. The van der Waals surface area contributed by atoms with E-state index in [1.54, 1.807) is 12.1 Å². The van der Waals surface area contributed by atoms with Crippen LogP contribution in [0, 0.1) is 0 Å². The summed E-state index contributed by atoms with van der Waals surface area (Å²) in [6.45, 7) is 3.91. The molecule has 0 radical (unpaired) electrons. The third-order valence-corrected chi connectivity index (χ3v) is 3.51. The number of para-hydroxylation sites is 1. The van der Waals surface area contributed by atoms with Crippen molar-refractivity contribution in [1.82, 2.24) is 4.90 Å². The van der Waals surface area contributed by atoms with Gasteiger partial charge in [0.25, 0.3) is 5.91 Å². The van der Waals surface area contributed by atoms with Gasteiger partial charge in [0.15, 0.2) is 0 Å². The Morgan fingerprint density at radius 1 is 1.19 bits per heavy atom. The van der Waals surface area contributed by atoms with Gasteiger partial charge in [-0.25, -0.2) is 0 Å². The highest BCUT2D eigenvalue weighted by Crippen LogP contribution is 2.19. The molecule has 2 amide bonds. The van der Waals surface area contributed by atoms with E-state index in [1.807, 2.05) is 24.0 Å². The van der Waals surface area contributed by atoms with Crippen LogP contribution >= 0.6 is 0 Å². The summed E-state index contributed by atoms with van der Waals surface area (Å²) in [7, 11) is 0. The topological polar surface area (TPSA) is 58.6 Å². The van der Waals surface area contributed by atoms with Crippen LogP contribution in [0.4, 0.5) is 5.69 Å². The second-order valence-corrected chi connectivity index (χ2v) is 5.08. The number of ether oxygens (including phenoxy) is 1. The van der Waals surface area contributed by atoms with Crippen molar-refractivity contribution in [2.75, 3.05) is 31.6 Å². The monoisotopic (exact) mass is 290 g/mol. The summed E-state index contributed by atoms with van der Waals surface area (Å²) in [6, 6.07) is 7.13. The number of hydrogen-bond donors (Lipinski definition) is 1. The fourth-order valence-electron chi connectivity index (χ4n) is 2.43. The van der Waals surface area contributed by atoms with E-state index in [0.717, 1.165) is 25.9 Å². The zero-order valence-corrected chi connectivity index (χ0v) is 12.4. The van der Waals surface area contributed by atoms with E-state index in [0.29, 0.717) is 17.9 Å². The maximum atomic E-state index is 12.6. The number of nitrogens with zero attached hydrogens (tertiary/aromatic N) is 1. The predicted molar refractivity (Wildman–Crippen MR) is 81.3 cm³/mol. The third kappa shape index (κ3) is 4.29. The van der Waals surface area contributed by atoms with Crippen molar-refractivity contribution >= 4 is 17.5 Å². The zero-order valence-electron chi connectivity index (χ0n) is 12.4. The van der Waals surface area contributed by atoms with Crippen LogP contribution in [0.2, 0.25) is 0 Å². The number of rotatable bonds is 5. The molecule has 1 aliphatic rings. The number of amides is 2. The molecule has 114 valence electrons. The Hall–Kier alpha value is -1.88. The summed E-state index contributed by atoms with van der Waals surface area (Å²) < 4.78 is 5.08. The third-order valence-electron chi connectivity index (χ3n) is 3.51. The van der Waals surface area contributed by atoms with E-state index in [4.69, 9.17) is 4.74 Å². The van der Waals surface area contributed by atoms with Crippen LogP contribution in [-0.4, -0.2) is 43.0 Å². The molecular formula is C16H22N2O3. The van der Waals surface area contributed by atoms with Gasteiger partial charge < -0.3 is 15.0 Å². The molecule has 5 heteroatoms. The summed E-state index contributed by atoms with van der Waals surface area (Å²) in [5.74, 6) is -0.252. The van der Waals surface area contributed by atoms with Crippen molar-refractivity contribution in [3.63, 3.8) is 0 Å². The Bertz CT molecular complexity index is 496. The molecule has 1 fully saturated rings. The van der Waals surface area contributed by atoms with Crippen molar-refractivity contribution in [3.8, 4) is 0 Å². The smallest absolute Gasteiger partial charge is 0.255 e. The van der Waals surface area contributed by atoms with Gasteiger partial charge in [0.05, 0.1) is 11.3 Å². The van der Waals surface area contributed by atoms with E-state index >= 15 is 0 Å². The molecule has 2 rings (SSSR count). The second kappa shape index (κ2) is 7.78. The molecule has 1 N–H and O–H groups in total. The first kappa shape index (κ1) is 15.5. The Balaban J connectivity index is 2.08. The highest BCUT2D eigenvalue weighted by molar-refractivity contribution is 6.04. The average Bonchev–Trinajstić information content (AvgIpc) is 2.53. The van der Waals surface area contributed by atoms with E-state index in [2.05, 4.69) is 5.32 Å². The number of carbonyl (C=O) groups is 2. The van der Waals surface area contributed by atoms with E-state index < -0.39 is 0 Å². The summed E-state index contributed by atoms with van der Waals surface area (Å²) in [5, 5.41) is 2.75. The van der Waals surface area contributed by atoms with Crippen LogP contribution in [0.1, 0.15) is 36.5 Å². The summed E-state index contributed by atoms with van der Waals surface area (Å²) >= 11 is 0. The lowest BCUT2D eigenvalue weighted by molar-refractivity contribution is -0.120. The maximum absolute atomic E-state index is 12.6. The first-order chi connectivity index (χ1) is 10.2. The standard InChI is InChI=1S/C16H22N2O3/c1-2-21-12-15(19)17-14-9-5-4-8-13(14)16(20)18-10-6-3-7-11-18/h4-5,8-9H,2-3,6-7,10-12H2,1H3,(H,17,19). The normalized spacial score (nSPS) is 14.8. The lowest BCUT2D eigenvalue weighted by Gasteiger charge is -2.27. The molecule has 21 heavy (non-hydrogen) atoms. The highest BCUT2D eigenvalue weighted by Gasteiger charge is 2.21. The minimum atomic E-state index is -0.240. The van der Waals surface area contributed by atoms with Crippen molar-refractivity contribution in [3.05, 3.63) is 29.8 Å². The lowest BCUT2D eigenvalue weighted by atomic mass is 10.1. The Morgan fingerprint density at radius 3 is 2.62 bits per heavy atom. The van der Waals surface area contributed by atoms with Gasteiger partial charge in [0, 0.05) is 19.7 Å². The maximum Gasteiger partial charge on any atom is 0.255 e. The van der Waals surface area contributed by atoms with E-state index in [1.165, 1.54) is 6.42 Å². The number of nitrogens with one attached hydrogen (secondary N) is 1. The molecular weight excluding hydrogens is 268 g/mol. The molecule has 0 bridgehead atoms. The van der Waals surface area contributed by atoms with Gasteiger partial charge in [0.2, 0.25) is 5.91 Å². The quantitative estimate of drug-likeness (QED) is 0.905. The molecule has 0 aliphatic carbocycles. The Morgan fingerprint density at radius 2 is 1.90 bits per heavy atom. The van der Waals surface area contributed by atoms with Crippen LogP contribution in [0.5, 0.6) is 0 Å². The number of anilines is 1. The summed E-state index contributed by atoms with van der Waals surface area (Å²) in [5.41, 5.74) is 1.10. The van der Waals surface area contributed by atoms with Crippen molar-refractivity contribution in [1.29, 1.82) is 0 Å². The van der Waals surface area contributed by atoms with Crippen LogP contribution < -0.4 is 5.32 Å². The van der Waals surface area contributed by atoms with Gasteiger partial charge in [0.1, 0.15) is 6.61 Å². The van der Waals surface area contributed by atoms with Crippen molar-refractivity contribution in [2.45, 2.75) is 26.2 Å². The second-order valence-electron chi connectivity index (χ2n) is 5.08. The number of benzene rings is 1. The molecule has 0 unspecified atom stereocenters. The van der Waals surface area contributed by atoms with E-state index in [9.17, 15) is 9.59 Å². The van der Waals surface area contributed by atoms with Gasteiger partial charge in [-0.2, -0.15) is 0 Å². The number of likely N-dealkylation sites (tertiary alicyclic amines) is 1. The molecule has 5 nitrogen and oxygen atoms in total. The van der Waals surface area contributed by atoms with Gasteiger partial charge in [-0.05, 0) is 38.3 Å². The number of carbonyl (C=O) groups excluding carboxylic acids is 2.